The number of hydrogen-bond acceptors (Lipinski definition) is 2. The van der Waals surface area contributed by atoms with Crippen LogP contribution in [0.15, 0.2) is 24.3 Å². The van der Waals surface area contributed by atoms with E-state index >= 15 is 0 Å². The second-order valence-corrected chi connectivity index (χ2v) is 5.70. The van der Waals surface area contributed by atoms with E-state index in [1.807, 2.05) is 0 Å². The van der Waals surface area contributed by atoms with Crippen LogP contribution < -0.4 is 10.1 Å². The Morgan fingerprint density at radius 3 is 2.19 bits per heavy atom. The summed E-state index contributed by atoms with van der Waals surface area (Å²) in [7, 11) is 0. The van der Waals surface area contributed by atoms with Gasteiger partial charge in [-0.1, -0.05) is 65.0 Å². The highest BCUT2D eigenvalue weighted by molar-refractivity contribution is 5.29. The molecule has 2 nitrogen and oxygen atoms in total. The van der Waals surface area contributed by atoms with E-state index in [9.17, 15) is 0 Å². The molecule has 21 heavy (non-hydrogen) atoms. The Morgan fingerprint density at radius 2 is 1.57 bits per heavy atom. The van der Waals surface area contributed by atoms with Gasteiger partial charge in [-0.3, -0.25) is 0 Å². The van der Waals surface area contributed by atoms with E-state index in [0.29, 0.717) is 6.04 Å². The summed E-state index contributed by atoms with van der Waals surface area (Å²) >= 11 is 0. The van der Waals surface area contributed by atoms with Crippen LogP contribution in [-0.2, 0) is 0 Å². The molecule has 0 aliphatic rings. The summed E-state index contributed by atoms with van der Waals surface area (Å²) in [6.07, 6.45) is 8.97. The first kappa shape index (κ1) is 18.0. The van der Waals surface area contributed by atoms with Crippen molar-refractivity contribution in [1.29, 1.82) is 0 Å². The molecule has 1 rings (SSSR count). The number of nitrogens with one attached hydrogen (secondary N) is 1. The van der Waals surface area contributed by atoms with Crippen LogP contribution in [0.5, 0.6) is 5.75 Å². The lowest BCUT2D eigenvalue weighted by Crippen LogP contribution is -2.19. The van der Waals surface area contributed by atoms with Gasteiger partial charge in [-0.2, -0.15) is 0 Å². The molecule has 2 heteroatoms. The van der Waals surface area contributed by atoms with Gasteiger partial charge < -0.3 is 10.1 Å². The molecular formula is C19H33NO. The van der Waals surface area contributed by atoms with Crippen LogP contribution in [0.3, 0.4) is 0 Å². The van der Waals surface area contributed by atoms with Crippen LogP contribution in [0.1, 0.15) is 77.3 Å². The highest BCUT2D eigenvalue weighted by Gasteiger charge is 2.07. The lowest BCUT2D eigenvalue weighted by atomic mass is 10.0. The second-order valence-electron chi connectivity index (χ2n) is 5.70. The van der Waals surface area contributed by atoms with Gasteiger partial charge in [0, 0.05) is 6.04 Å². The van der Waals surface area contributed by atoms with E-state index in [-0.39, 0.29) is 0 Å². The van der Waals surface area contributed by atoms with Crippen molar-refractivity contribution in [2.24, 2.45) is 0 Å². The van der Waals surface area contributed by atoms with E-state index in [4.69, 9.17) is 4.74 Å². The molecule has 0 amide bonds. The molecule has 1 aromatic carbocycles. The zero-order chi connectivity index (χ0) is 15.3. The van der Waals surface area contributed by atoms with Crippen LogP contribution in [0, 0.1) is 0 Å². The molecule has 1 atom stereocenters. The SMILES string of the molecule is CCCCCCCCOc1ccc(C(CC)NCC)cc1. The zero-order valence-electron chi connectivity index (χ0n) is 14.2. The van der Waals surface area contributed by atoms with Gasteiger partial charge in [0.1, 0.15) is 5.75 Å². The molecule has 0 fully saturated rings. The Hall–Kier alpha value is -1.02. The smallest absolute Gasteiger partial charge is 0.119 e. The standard InChI is InChI=1S/C19H33NO/c1-4-7-8-9-10-11-16-21-18-14-12-17(13-15-18)19(5-2)20-6-3/h12-15,19-20H,4-11,16H2,1-3H3. The van der Waals surface area contributed by atoms with Gasteiger partial charge >= 0.3 is 0 Å². The highest BCUT2D eigenvalue weighted by Crippen LogP contribution is 2.20. The predicted molar refractivity (Wildman–Crippen MR) is 92.0 cm³/mol. The third kappa shape index (κ3) is 7.52. The molecule has 0 saturated carbocycles. The number of unbranched alkanes of at least 4 members (excludes halogenated alkanes) is 5. The lowest BCUT2D eigenvalue weighted by Gasteiger charge is -2.16. The third-order valence-corrected chi connectivity index (χ3v) is 3.91. The van der Waals surface area contributed by atoms with E-state index in [0.717, 1.165) is 25.3 Å². The van der Waals surface area contributed by atoms with E-state index in [1.165, 1.54) is 44.1 Å². The molecule has 1 unspecified atom stereocenters. The fourth-order valence-corrected chi connectivity index (χ4v) is 2.61. The van der Waals surface area contributed by atoms with Gasteiger partial charge in [-0.05, 0) is 37.1 Å². The topological polar surface area (TPSA) is 21.3 Å². The first-order valence-electron chi connectivity index (χ1n) is 8.77. The van der Waals surface area contributed by atoms with Gasteiger partial charge in [0.15, 0.2) is 0 Å². The molecule has 0 bridgehead atoms. The Labute approximate surface area is 131 Å². The van der Waals surface area contributed by atoms with Crippen LogP contribution in [0.2, 0.25) is 0 Å². The Morgan fingerprint density at radius 1 is 0.905 bits per heavy atom. The molecule has 0 aliphatic carbocycles. The number of ether oxygens (including phenoxy) is 1. The van der Waals surface area contributed by atoms with Gasteiger partial charge in [0.2, 0.25) is 0 Å². The van der Waals surface area contributed by atoms with Gasteiger partial charge in [0.05, 0.1) is 6.61 Å². The van der Waals surface area contributed by atoms with Crippen LogP contribution in [0.4, 0.5) is 0 Å². The van der Waals surface area contributed by atoms with Crippen LogP contribution >= 0.6 is 0 Å². The number of benzene rings is 1. The second kappa shape index (κ2) is 11.6. The fraction of sp³-hybridized carbons (Fsp3) is 0.684. The average Bonchev–Trinajstić information content (AvgIpc) is 2.52. The summed E-state index contributed by atoms with van der Waals surface area (Å²) < 4.78 is 5.82. The predicted octanol–water partition coefficient (Wildman–Crippen LogP) is 5.49. The van der Waals surface area contributed by atoms with Crippen molar-refractivity contribution in [2.45, 2.75) is 71.8 Å². The molecule has 120 valence electrons. The molecule has 1 aromatic rings. The minimum atomic E-state index is 0.461. The maximum Gasteiger partial charge on any atom is 0.119 e. The molecule has 0 aromatic heterocycles. The minimum absolute atomic E-state index is 0.461. The normalized spacial score (nSPS) is 12.3. The molecule has 0 saturated heterocycles. The van der Waals surface area contributed by atoms with Crippen LogP contribution in [0.25, 0.3) is 0 Å². The fourth-order valence-electron chi connectivity index (χ4n) is 2.61. The maximum atomic E-state index is 5.82. The van der Waals surface area contributed by atoms with Crippen molar-refractivity contribution < 1.29 is 4.74 Å². The Bertz CT molecular complexity index is 347. The van der Waals surface area contributed by atoms with Gasteiger partial charge in [0.25, 0.3) is 0 Å². The lowest BCUT2D eigenvalue weighted by molar-refractivity contribution is 0.304. The Kier molecular flexibility index (Phi) is 9.98. The van der Waals surface area contributed by atoms with E-state index in [2.05, 4.69) is 50.4 Å². The average molecular weight is 291 g/mol. The van der Waals surface area contributed by atoms with Crippen LogP contribution in [-0.4, -0.2) is 13.2 Å². The maximum absolute atomic E-state index is 5.82. The molecule has 0 heterocycles. The van der Waals surface area contributed by atoms with Crippen molar-refractivity contribution in [3.05, 3.63) is 29.8 Å². The van der Waals surface area contributed by atoms with Crippen molar-refractivity contribution >= 4 is 0 Å². The molecule has 0 radical (unpaired) electrons. The molecule has 0 spiro atoms. The van der Waals surface area contributed by atoms with E-state index in [1.54, 1.807) is 0 Å². The van der Waals surface area contributed by atoms with Crippen molar-refractivity contribution in [3.63, 3.8) is 0 Å². The summed E-state index contributed by atoms with van der Waals surface area (Å²) in [6, 6.07) is 9.04. The monoisotopic (exact) mass is 291 g/mol. The third-order valence-electron chi connectivity index (χ3n) is 3.91. The number of rotatable bonds is 12. The summed E-state index contributed by atoms with van der Waals surface area (Å²) in [4.78, 5) is 0. The minimum Gasteiger partial charge on any atom is -0.494 e. The van der Waals surface area contributed by atoms with Crippen molar-refractivity contribution in [3.8, 4) is 5.75 Å². The first-order valence-corrected chi connectivity index (χ1v) is 8.77. The van der Waals surface area contributed by atoms with Gasteiger partial charge in [-0.25, -0.2) is 0 Å². The molecule has 0 aliphatic heterocycles. The van der Waals surface area contributed by atoms with Crippen molar-refractivity contribution in [2.75, 3.05) is 13.2 Å². The quantitative estimate of drug-likeness (QED) is 0.514. The summed E-state index contributed by atoms with van der Waals surface area (Å²) in [5, 5.41) is 3.50. The largest absolute Gasteiger partial charge is 0.494 e. The van der Waals surface area contributed by atoms with E-state index < -0.39 is 0 Å². The summed E-state index contributed by atoms with van der Waals surface area (Å²) in [5.41, 5.74) is 1.35. The molecular weight excluding hydrogens is 258 g/mol. The van der Waals surface area contributed by atoms with Crippen molar-refractivity contribution in [1.82, 2.24) is 5.32 Å². The summed E-state index contributed by atoms with van der Waals surface area (Å²) in [6.45, 7) is 8.48. The summed E-state index contributed by atoms with van der Waals surface area (Å²) in [5.74, 6) is 0.999. The highest BCUT2D eigenvalue weighted by atomic mass is 16.5. The molecule has 1 N–H and O–H groups in total. The zero-order valence-corrected chi connectivity index (χ0v) is 14.2. The van der Waals surface area contributed by atoms with Gasteiger partial charge in [-0.15, -0.1) is 0 Å². The number of hydrogen-bond donors (Lipinski definition) is 1. The Balaban J connectivity index is 2.24. The first-order chi connectivity index (χ1) is 10.3.